The number of aromatic nitrogens is 2. The monoisotopic (exact) mass is 484 g/mol. The highest BCUT2D eigenvalue weighted by Gasteiger charge is 2.72. The van der Waals surface area contributed by atoms with Gasteiger partial charge in [0.15, 0.2) is 0 Å². The van der Waals surface area contributed by atoms with Crippen LogP contribution in [0.3, 0.4) is 0 Å². The van der Waals surface area contributed by atoms with E-state index in [0.717, 1.165) is 0 Å². The fourth-order valence-corrected chi connectivity index (χ4v) is 6.28. The summed E-state index contributed by atoms with van der Waals surface area (Å²) < 4.78 is 5.19. The number of carbonyl (C=O) groups excluding carboxylic acids is 1. The van der Waals surface area contributed by atoms with E-state index in [0.29, 0.717) is 11.4 Å². The second-order valence-electron chi connectivity index (χ2n) is 9.26. The molecule has 4 rings (SSSR count). The number of hydrogen-bond acceptors (Lipinski definition) is 9. The summed E-state index contributed by atoms with van der Waals surface area (Å²) in [7, 11) is 2.94. The Morgan fingerprint density at radius 3 is 2.09 bits per heavy atom. The molecule has 0 radical (unpaired) electrons. The number of carbonyl (C=O) groups is 3. The maximum absolute atomic E-state index is 13.6. The number of rotatable bonds is 7. The van der Waals surface area contributed by atoms with Gasteiger partial charge in [0.1, 0.15) is 5.41 Å². The molecule has 5 atom stereocenters. The molecule has 0 amide bonds. The van der Waals surface area contributed by atoms with Crippen LogP contribution in [0.5, 0.6) is 0 Å². The number of esters is 1. The molecule has 2 aromatic rings. The number of carboxylic acid groups (broad SMARTS) is 2. The summed E-state index contributed by atoms with van der Waals surface area (Å²) in [5.74, 6) is -3.09. The lowest BCUT2D eigenvalue weighted by molar-refractivity contribution is -0.248. The third-order valence-corrected chi connectivity index (χ3v) is 7.22. The predicted molar refractivity (Wildman–Crippen MR) is 121 cm³/mol. The molecule has 3 N–H and O–H groups in total. The number of nitrogens with zero attached hydrogens (tertiary/aromatic N) is 4. The van der Waals surface area contributed by atoms with Crippen LogP contribution in [0, 0.1) is 10.8 Å². The van der Waals surface area contributed by atoms with Crippen LogP contribution in [0.1, 0.15) is 29.9 Å². The van der Waals surface area contributed by atoms with E-state index in [2.05, 4.69) is 9.97 Å². The molecule has 2 aliphatic heterocycles. The fraction of sp³-hybridized carbons (Fsp3) is 0.458. The number of hydrogen-bond donors (Lipinski definition) is 3. The highest BCUT2D eigenvalue weighted by molar-refractivity contribution is 5.81. The van der Waals surface area contributed by atoms with Crippen LogP contribution < -0.4 is 0 Å². The highest BCUT2D eigenvalue weighted by Crippen LogP contribution is 2.63. The topological polar surface area (TPSA) is 153 Å². The van der Waals surface area contributed by atoms with Gasteiger partial charge in [-0.3, -0.25) is 34.2 Å². The summed E-state index contributed by atoms with van der Waals surface area (Å²) in [6, 6.07) is 8.75. The number of methoxy groups -OCH3 is 1. The number of aliphatic hydroxyl groups is 1. The standard InChI is InChI=1S/C24H28N4O7/c1-27-19(15-7-3-5-9-25-15)23(11-17(29)30)13-28(12-18(31)32)14-24(21(23)33,22(34)35-2)20(27)16-8-4-6-10-26-16/h3-10,19-21,33H,11-14H2,1-2H3,(H,29,30)(H,31,32). The van der Waals surface area contributed by atoms with E-state index in [-0.39, 0.29) is 13.1 Å². The minimum absolute atomic E-state index is 0.0774. The normalized spacial score (nSPS) is 31.0. The molecule has 11 heteroatoms. The molecule has 186 valence electrons. The Labute approximate surface area is 202 Å². The molecular formula is C24H28N4O7. The lowest BCUT2D eigenvalue weighted by atomic mass is 9.52. The zero-order valence-corrected chi connectivity index (χ0v) is 19.4. The number of carboxylic acids is 2. The first-order valence-electron chi connectivity index (χ1n) is 11.1. The van der Waals surface area contributed by atoms with Crippen molar-refractivity contribution in [1.82, 2.24) is 19.8 Å². The molecule has 2 aromatic heterocycles. The van der Waals surface area contributed by atoms with E-state index >= 15 is 0 Å². The smallest absolute Gasteiger partial charge is 0.317 e. The quantitative estimate of drug-likeness (QED) is 0.473. The summed E-state index contributed by atoms with van der Waals surface area (Å²) in [4.78, 5) is 49.8. The maximum Gasteiger partial charge on any atom is 0.317 e. The highest BCUT2D eigenvalue weighted by atomic mass is 16.5. The summed E-state index contributed by atoms with van der Waals surface area (Å²) in [6.07, 6.45) is 1.11. The number of aliphatic hydroxyl groups excluding tert-OH is 1. The van der Waals surface area contributed by atoms with Crippen molar-refractivity contribution < 1.29 is 34.4 Å². The van der Waals surface area contributed by atoms with Gasteiger partial charge in [-0.05, 0) is 31.3 Å². The fourth-order valence-electron chi connectivity index (χ4n) is 6.28. The predicted octanol–water partition coefficient (Wildman–Crippen LogP) is 0.586. The SMILES string of the molecule is COC(=O)C12CN(CC(=O)O)CC(CC(=O)O)(C(c3ccccn3)N(C)C1c1ccccn1)C2O. The van der Waals surface area contributed by atoms with E-state index in [1.54, 1.807) is 55.8 Å². The van der Waals surface area contributed by atoms with E-state index in [9.17, 15) is 29.7 Å². The van der Waals surface area contributed by atoms with Gasteiger partial charge in [-0.2, -0.15) is 0 Å². The van der Waals surface area contributed by atoms with Crippen molar-refractivity contribution in [2.45, 2.75) is 24.6 Å². The van der Waals surface area contributed by atoms with Gasteiger partial charge in [-0.25, -0.2) is 0 Å². The third kappa shape index (κ3) is 3.95. The van der Waals surface area contributed by atoms with Crippen LogP contribution in [0.15, 0.2) is 48.8 Å². The molecule has 2 aliphatic rings. The molecule has 0 saturated carbocycles. The molecule has 11 nitrogen and oxygen atoms in total. The Morgan fingerprint density at radius 2 is 1.60 bits per heavy atom. The molecule has 5 unspecified atom stereocenters. The van der Waals surface area contributed by atoms with E-state index in [4.69, 9.17) is 4.74 Å². The number of likely N-dealkylation sites (tertiary alicyclic amines) is 2. The molecule has 35 heavy (non-hydrogen) atoms. The number of ether oxygens (including phenoxy) is 1. The molecular weight excluding hydrogens is 456 g/mol. The Morgan fingerprint density at radius 1 is 1.00 bits per heavy atom. The van der Waals surface area contributed by atoms with Crippen LogP contribution in [0.2, 0.25) is 0 Å². The summed E-state index contributed by atoms with van der Waals surface area (Å²) in [6.45, 7) is -0.679. The molecule has 2 fully saturated rings. The van der Waals surface area contributed by atoms with E-state index < -0.39 is 59.9 Å². The largest absolute Gasteiger partial charge is 0.481 e. The number of fused-ring (bicyclic) bond motifs is 2. The van der Waals surface area contributed by atoms with Crippen LogP contribution in [0.4, 0.5) is 0 Å². The van der Waals surface area contributed by atoms with Crippen molar-refractivity contribution in [2.75, 3.05) is 33.8 Å². The van der Waals surface area contributed by atoms with Gasteiger partial charge in [-0.1, -0.05) is 12.1 Å². The maximum atomic E-state index is 13.6. The molecule has 0 spiro atoms. The van der Waals surface area contributed by atoms with Gasteiger partial charge in [0.2, 0.25) is 0 Å². The first-order chi connectivity index (χ1) is 16.7. The first kappa shape index (κ1) is 24.7. The van der Waals surface area contributed by atoms with Crippen molar-refractivity contribution in [2.24, 2.45) is 10.8 Å². The zero-order chi connectivity index (χ0) is 25.4. The second kappa shape index (κ2) is 9.33. The Hall–Kier alpha value is -3.41. The number of aliphatic carboxylic acids is 2. The minimum Gasteiger partial charge on any atom is -0.481 e. The Kier molecular flexibility index (Phi) is 6.58. The van der Waals surface area contributed by atoms with Crippen molar-refractivity contribution in [3.63, 3.8) is 0 Å². The van der Waals surface area contributed by atoms with Crippen molar-refractivity contribution >= 4 is 17.9 Å². The number of pyridine rings is 2. The molecule has 4 heterocycles. The number of piperidine rings is 2. The van der Waals surface area contributed by atoms with Gasteiger partial charge in [0, 0.05) is 30.9 Å². The Bertz CT molecular complexity index is 1100. The zero-order valence-electron chi connectivity index (χ0n) is 19.4. The molecule has 2 bridgehead atoms. The minimum atomic E-state index is -1.72. The summed E-state index contributed by atoms with van der Waals surface area (Å²) in [5, 5.41) is 31.6. The van der Waals surface area contributed by atoms with Crippen molar-refractivity contribution in [3.05, 3.63) is 60.2 Å². The van der Waals surface area contributed by atoms with Crippen LogP contribution in [-0.2, 0) is 19.1 Å². The molecule has 2 saturated heterocycles. The van der Waals surface area contributed by atoms with E-state index in [1.165, 1.54) is 12.0 Å². The average Bonchev–Trinajstić information content (AvgIpc) is 2.81. The van der Waals surface area contributed by atoms with Gasteiger partial charge in [0.25, 0.3) is 0 Å². The average molecular weight is 485 g/mol. The third-order valence-electron chi connectivity index (χ3n) is 7.22. The van der Waals surface area contributed by atoms with Gasteiger partial charge in [-0.15, -0.1) is 0 Å². The van der Waals surface area contributed by atoms with Crippen molar-refractivity contribution in [1.29, 1.82) is 0 Å². The summed E-state index contributed by atoms with van der Waals surface area (Å²) in [5.41, 5.74) is -2.25. The first-order valence-corrected chi connectivity index (χ1v) is 11.1. The van der Waals surface area contributed by atoms with Crippen LogP contribution in [-0.4, -0.2) is 92.9 Å². The molecule has 0 aliphatic carbocycles. The molecule has 0 aromatic carbocycles. The van der Waals surface area contributed by atoms with Gasteiger partial charge in [0.05, 0.1) is 49.7 Å². The van der Waals surface area contributed by atoms with E-state index in [1.807, 2.05) is 4.90 Å². The van der Waals surface area contributed by atoms with Crippen LogP contribution in [0.25, 0.3) is 0 Å². The van der Waals surface area contributed by atoms with Crippen LogP contribution >= 0.6 is 0 Å². The van der Waals surface area contributed by atoms with Crippen molar-refractivity contribution in [3.8, 4) is 0 Å². The second-order valence-corrected chi connectivity index (χ2v) is 9.26. The van der Waals surface area contributed by atoms with Gasteiger partial charge < -0.3 is 20.1 Å². The lowest BCUT2D eigenvalue weighted by Crippen LogP contribution is -2.75. The lowest BCUT2D eigenvalue weighted by Gasteiger charge is -2.65. The summed E-state index contributed by atoms with van der Waals surface area (Å²) >= 11 is 0. The Balaban J connectivity index is 2.04. The van der Waals surface area contributed by atoms with Gasteiger partial charge >= 0.3 is 17.9 Å².